The molecule has 0 radical (unpaired) electrons. The molecule has 13 nitrogen and oxygen atoms in total. The van der Waals surface area contributed by atoms with Crippen molar-refractivity contribution in [1.29, 1.82) is 0 Å². The number of fused-ring (bicyclic) bond motifs is 6. The van der Waals surface area contributed by atoms with Crippen LogP contribution in [0.25, 0.3) is 33.3 Å². The Morgan fingerprint density at radius 2 is 1.76 bits per heavy atom. The van der Waals surface area contributed by atoms with Crippen LogP contribution in [0.15, 0.2) is 60.8 Å². The summed E-state index contributed by atoms with van der Waals surface area (Å²) >= 11 is 0. The van der Waals surface area contributed by atoms with Gasteiger partial charge in [-0.25, -0.2) is 5.43 Å². The Morgan fingerprint density at radius 3 is 2.47 bits per heavy atom. The van der Waals surface area contributed by atoms with E-state index in [4.69, 9.17) is 14.5 Å². The molecule has 0 saturated carbocycles. The number of benzene rings is 2. The fourth-order valence-electron chi connectivity index (χ4n) is 10.0. The highest BCUT2D eigenvalue weighted by molar-refractivity contribution is 5.96. The first-order valence-electron chi connectivity index (χ1n) is 24.9. The number of nitrogens with one attached hydrogen (secondary N) is 2. The summed E-state index contributed by atoms with van der Waals surface area (Å²) in [6.45, 7) is 23.1. The van der Waals surface area contributed by atoms with Crippen molar-refractivity contribution in [2.45, 2.75) is 131 Å². The molecule has 3 amide bonds. The zero-order valence-corrected chi connectivity index (χ0v) is 41.6. The Kier molecular flexibility index (Phi) is 14.5. The van der Waals surface area contributed by atoms with Crippen LogP contribution in [-0.2, 0) is 48.0 Å². The lowest BCUT2D eigenvalue weighted by atomic mass is 9.83. The topological polar surface area (TPSA) is 138 Å². The number of carbonyl (C=O) groups excluding carboxylic acids is 4. The molecule has 8 rings (SSSR count). The first-order valence-corrected chi connectivity index (χ1v) is 24.9. The van der Waals surface area contributed by atoms with Gasteiger partial charge in [0.2, 0.25) is 5.91 Å². The number of aryl methyl sites for hydroxylation is 1. The van der Waals surface area contributed by atoms with Crippen LogP contribution in [0.1, 0.15) is 104 Å². The summed E-state index contributed by atoms with van der Waals surface area (Å²) in [7, 11) is 0. The minimum Gasteiger partial charge on any atom is -0.464 e. The van der Waals surface area contributed by atoms with Gasteiger partial charge in [-0.05, 0) is 111 Å². The highest BCUT2D eigenvalue weighted by Gasteiger charge is 2.38. The summed E-state index contributed by atoms with van der Waals surface area (Å²) in [5, 5.41) is 5.77. The summed E-state index contributed by atoms with van der Waals surface area (Å²) < 4.78 is 14.8. The largest absolute Gasteiger partial charge is 0.464 e. The van der Waals surface area contributed by atoms with Crippen LogP contribution < -0.4 is 10.7 Å². The van der Waals surface area contributed by atoms with Gasteiger partial charge >= 0.3 is 5.97 Å². The monoisotopic (exact) mass is 926 g/mol. The maximum atomic E-state index is 14.7. The number of aromatic nitrogens is 2. The van der Waals surface area contributed by atoms with E-state index in [0.29, 0.717) is 38.9 Å². The lowest BCUT2D eigenvalue weighted by Crippen LogP contribution is -2.61. The fraction of sp³-hybridized carbons (Fsp3) is 0.545. The van der Waals surface area contributed by atoms with Gasteiger partial charge in [0.1, 0.15) is 12.1 Å². The smallest absolute Gasteiger partial charge is 0.324 e. The molecule has 0 spiro atoms. The van der Waals surface area contributed by atoms with E-state index in [-0.39, 0.29) is 60.8 Å². The number of hydrazine groups is 1. The number of ether oxygens (including phenoxy) is 2. The molecular weight excluding hydrogens is 855 g/mol. The number of hydrogen-bond donors (Lipinski definition) is 2. The Balaban J connectivity index is 1.07. The van der Waals surface area contributed by atoms with Gasteiger partial charge in [-0.1, -0.05) is 77.8 Å². The van der Waals surface area contributed by atoms with Crippen LogP contribution in [-0.4, -0.2) is 118 Å². The van der Waals surface area contributed by atoms with Gasteiger partial charge in [-0.15, -0.1) is 0 Å². The van der Waals surface area contributed by atoms with Crippen LogP contribution in [0.5, 0.6) is 0 Å². The van der Waals surface area contributed by atoms with Crippen LogP contribution in [0.3, 0.4) is 0 Å². The van der Waals surface area contributed by atoms with E-state index >= 15 is 0 Å². The fourth-order valence-corrected chi connectivity index (χ4v) is 10.0. The number of nitrogens with zero attached hydrogens (tertiary/aromatic N) is 5. The average Bonchev–Trinajstić information content (AvgIpc) is 3.57. The lowest BCUT2D eigenvalue weighted by molar-refractivity contribution is -0.155. The first kappa shape index (κ1) is 48.9. The Bertz CT molecular complexity index is 2590. The van der Waals surface area contributed by atoms with E-state index in [9.17, 15) is 19.2 Å². The molecule has 6 heterocycles. The van der Waals surface area contributed by atoms with Crippen LogP contribution in [0.4, 0.5) is 0 Å². The molecule has 68 heavy (non-hydrogen) atoms. The van der Waals surface area contributed by atoms with Gasteiger partial charge < -0.3 is 24.3 Å². The zero-order chi connectivity index (χ0) is 48.5. The molecule has 4 aromatic rings. The standard InChI is InChI=1S/C55H71N7O6/c1-10-61-47-20-19-39-29-42(47)43(50(61)41-17-12-23-56-49(41)36(4)5)30-54(6,7)34-68-53(66)45-18-13-26-62(58-45)52(65)46(28-37-15-11-16-38(39)27-37)57-51(64)44(35(2)3)33-67-40-31-59(32-40)48(63)21-22-55(8,9)60-24-14-25-60/h11-12,15-17,19-20,23,27,29,35-36,40,44-46,58H,10,13-14,18,24-26,28,30-34H2,1-9H3,(H,57,64)/t44-,45-,46-/m0/s1. The number of carbonyl (C=O) groups is 4. The highest BCUT2D eigenvalue weighted by atomic mass is 16.5. The molecule has 2 N–H and O–H groups in total. The van der Waals surface area contributed by atoms with E-state index in [1.165, 1.54) is 10.6 Å². The van der Waals surface area contributed by atoms with Gasteiger partial charge in [-0.2, -0.15) is 0 Å². The number of hydrogen-bond acceptors (Lipinski definition) is 9. The van der Waals surface area contributed by atoms with Crippen molar-refractivity contribution in [3.8, 4) is 34.2 Å². The van der Waals surface area contributed by atoms with E-state index in [0.717, 1.165) is 70.6 Å². The van der Waals surface area contributed by atoms with Crippen molar-refractivity contribution >= 4 is 34.6 Å². The number of likely N-dealkylation sites (tertiary alicyclic amines) is 2. The molecule has 4 aliphatic rings. The minimum absolute atomic E-state index is 0.102. The molecule has 0 unspecified atom stereocenters. The molecule has 2 aromatic heterocycles. The number of cyclic esters (lactones) is 1. The van der Waals surface area contributed by atoms with Gasteiger partial charge in [0.15, 0.2) is 0 Å². The average molecular weight is 926 g/mol. The lowest BCUT2D eigenvalue weighted by Gasteiger charge is -2.41. The quantitative estimate of drug-likeness (QED) is 0.126. The molecule has 362 valence electrons. The van der Waals surface area contributed by atoms with Gasteiger partial charge in [-0.3, -0.25) is 34.1 Å². The zero-order valence-electron chi connectivity index (χ0n) is 41.6. The van der Waals surface area contributed by atoms with Crippen molar-refractivity contribution in [1.82, 2.24) is 35.1 Å². The molecule has 3 fully saturated rings. The second-order valence-corrected chi connectivity index (χ2v) is 21.3. The first-order chi connectivity index (χ1) is 32.4. The van der Waals surface area contributed by atoms with Crippen molar-refractivity contribution in [3.05, 3.63) is 77.6 Å². The Hall–Kier alpha value is -5.55. The van der Waals surface area contributed by atoms with E-state index in [1.807, 2.05) is 52.1 Å². The third-order valence-electron chi connectivity index (χ3n) is 14.3. The van der Waals surface area contributed by atoms with Crippen LogP contribution in [0, 0.1) is 29.1 Å². The van der Waals surface area contributed by atoms with Crippen molar-refractivity contribution in [2.24, 2.45) is 17.3 Å². The number of esters is 1. The van der Waals surface area contributed by atoms with E-state index in [1.54, 1.807) is 4.90 Å². The van der Waals surface area contributed by atoms with Gasteiger partial charge in [0.05, 0.1) is 42.2 Å². The number of amides is 3. The normalized spacial score (nSPS) is 20.8. The predicted octanol–water partition coefficient (Wildman–Crippen LogP) is 7.15. The maximum Gasteiger partial charge on any atom is 0.324 e. The van der Waals surface area contributed by atoms with E-state index in [2.05, 4.69) is 103 Å². The third-order valence-corrected chi connectivity index (χ3v) is 14.3. The summed E-state index contributed by atoms with van der Waals surface area (Å²) in [5.41, 5.74) is 10.9. The summed E-state index contributed by atoms with van der Waals surface area (Å²) in [6.07, 6.45) is 4.78. The summed E-state index contributed by atoms with van der Waals surface area (Å²) in [5.74, 6) is 4.30. The predicted molar refractivity (Wildman–Crippen MR) is 265 cm³/mol. The van der Waals surface area contributed by atoms with Gasteiger partial charge in [0.25, 0.3) is 11.8 Å². The second-order valence-electron chi connectivity index (χ2n) is 21.3. The third kappa shape index (κ3) is 10.5. The van der Waals surface area contributed by atoms with Gasteiger partial charge in [0, 0.05) is 73.8 Å². The Morgan fingerprint density at radius 1 is 1.00 bits per heavy atom. The van der Waals surface area contributed by atoms with Crippen LogP contribution in [0.2, 0.25) is 0 Å². The molecule has 3 atom stereocenters. The van der Waals surface area contributed by atoms with Crippen LogP contribution >= 0.6 is 0 Å². The molecule has 0 aliphatic carbocycles. The summed E-state index contributed by atoms with van der Waals surface area (Å²) in [6, 6.07) is 17.4. The Labute approximate surface area is 402 Å². The molecular formula is C55H71N7O6. The highest BCUT2D eigenvalue weighted by Crippen LogP contribution is 2.42. The number of rotatable bonds is 10. The minimum atomic E-state index is -0.945. The van der Waals surface area contributed by atoms with E-state index < -0.39 is 29.4 Å². The molecule has 13 heteroatoms. The maximum absolute atomic E-state index is 14.7. The molecule has 6 bridgehead atoms. The van der Waals surface area contributed by atoms with Crippen molar-refractivity contribution in [3.63, 3.8) is 0 Å². The van der Waals surface area contributed by atoms with Crippen molar-refractivity contribution < 1.29 is 28.7 Å². The SMILES string of the molecule is CCn1c(-c2cccnc2C(C)C)c2c3cc(ccc31)-c1cccc(c1)C[C@H](NC(=O)[C@@H](COC1CN(C(=O)C#CC(C)(C)N3CCC3)C1)C(C)C)C(=O)N1CCC[C@H](N1)C(=O)OCC(C)(C)C2. The molecule has 2 aromatic carbocycles. The molecule has 4 aliphatic heterocycles. The second kappa shape index (κ2) is 20.2. The van der Waals surface area contributed by atoms with Crippen molar-refractivity contribution in [2.75, 3.05) is 45.9 Å². The molecule has 3 saturated heterocycles. The number of pyridine rings is 1. The summed E-state index contributed by atoms with van der Waals surface area (Å²) in [4.78, 5) is 64.7.